The Bertz CT molecular complexity index is 1320. The van der Waals surface area contributed by atoms with Crippen molar-refractivity contribution < 1.29 is 23.9 Å². The molecular weight excluding hydrogens is 532 g/mol. The zero-order valence-corrected chi connectivity index (χ0v) is 24.3. The Morgan fingerprint density at radius 2 is 1.71 bits per heavy atom. The van der Waals surface area contributed by atoms with Crippen LogP contribution in [0.2, 0.25) is 0 Å². The van der Waals surface area contributed by atoms with Gasteiger partial charge in [0.1, 0.15) is 23.1 Å². The number of likely N-dealkylation sites (tertiary alicyclic amines) is 1. The molecule has 4 aliphatic rings. The monoisotopic (exact) mass is 572 g/mol. The number of carbonyl (C=O) groups is 3. The molecule has 2 bridgehead atoms. The van der Waals surface area contributed by atoms with Crippen LogP contribution < -0.4 is 15.4 Å². The smallest absolute Gasteiger partial charge is 0.246 e. The highest BCUT2D eigenvalue weighted by Gasteiger charge is 2.72. The fourth-order valence-corrected chi connectivity index (χ4v) is 7.05. The average Bonchev–Trinajstić information content (AvgIpc) is 3.62. The number of benzene rings is 2. The van der Waals surface area contributed by atoms with Crippen LogP contribution in [0, 0.1) is 11.8 Å². The predicted octanol–water partition coefficient (Wildman–Crippen LogP) is 3.97. The Balaban J connectivity index is 1.20. The number of carbonyl (C=O) groups excluding carboxylic acids is 3. The molecule has 9 nitrogen and oxygen atoms in total. The molecule has 0 radical (unpaired) electrons. The first-order valence-corrected chi connectivity index (χ1v) is 15.1. The summed E-state index contributed by atoms with van der Waals surface area (Å²) in [7, 11) is 3.97. The second-order valence-electron chi connectivity index (χ2n) is 12.2. The van der Waals surface area contributed by atoms with E-state index in [0.29, 0.717) is 18.0 Å². The van der Waals surface area contributed by atoms with E-state index in [1.165, 1.54) is 6.42 Å². The van der Waals surface area contributed by atoms with Gasteiger partial charge < -0.3 is 29.9 Å². The highest BCUT2D eigenvalue weighted by molar-refractivity contribution is 6.02. The molecule has 42 heavy (non-hydrogen) atoms. The topological polar surface area (TPSA) is 100 Å². The SMILES string of the molecule is CN(C)CCCN1C(=O)[C@@H]2[C@H](C(=O)Nc3ccc(Oc4ccccc4)cc3)[C@@H]3C=C[C@@]2(O3)[C@H]1C(=O)NC1CCCCC1. The van der Waals surface area contributed by atoms with Crippen LogP contribution >= 0.6 is 0 Å². The average molecular weight is 573 g/mol. The van der Waals surface area contributed by atoms with Crippen molar-refractivity contribution in [3.05, 3.63) is 66.7 Å². The van der Waals surface area contributed by atoms with Crippen LogP contribution in [0.5, 0.6) is 11.5 Å². The zero-order valence-electron chi connectivity index (χ0n) is 24.3. The number of amides is 3. The van der Waals surface area contributed by atoms with E-state index >= 15 is 0 Å². The number of anilines is 1. The molecule has 2 N–H and O–H groups in total. The molecule has 1 aliphatic carbocycles. The van der Waals surface area contributed by atoms with Gasteiger partial charge in [-0.25, -0.2) is 0 Å². The summed E-state index contributed by atoms with van der Waals surface area (Å²) >= 11 is 0. The normalized spacial score (nSPS) is 28.3. The van der Waals surface area contributed by atoms with Crippen LogP contribution in [0.15, 0.2) is 66.7 Å². The standard InChI is InChI=1S/C33H40N4O5/c1-36(2)20-9-21-37-29(31(39)35-22-10-5-3-6-11-22)33-19-18-26(42-33)27(28(33)32(37)40)30(38)34-23-14-16-25(17-15-23)41-24-12-7-4-8-13-24/h4,7-8,12-19,22,26-29H,3,5-6,9-11,20-21H2,1-2H3,(H,34,38)(H,35,39)/t26-,27+,28-,29+,33-/m0/s1. The molecule has 2 saturated heterocycles. The zero-order chi connectivity index (χ0) is 29.3. The van der Waals surface area contributed by atoms with Crippen molar-refractivity contribution in [3.63, 3.8) is 0 Å². The molecule has 1 spiro atoms. The van der Waals surface area contributed by atoms with Crippen LogP contribution in [0.1, 0.15) is 38.5 Å². The fraction of sp³-hybridized carbons (Fsp3) is 0.485. The Labute approximate surface area is 247 Å². The number of nitrogens with one attached hydrogen (secondary N) is 2. The summed E-state index contributed by atoms with van der Waals surface area (Å²) in [5, 5.41) is 6.22. The molecule has 3 fully saturated rings. The minimum Gasteiger partial charge on any atom is -0.457 e. The molecule has 3 amide bonds. The number of ether oxygens (including phenoxy) is 2. The van der Waals surface area contributed by atoms with Gasteiger partial charge in [0, 0.05) is 18.3 Å². The van der Waals surface area contributed by atoms with Gasteiger partial charge in [-0.2, -0.15) is 0 Å². The number of nitrogens with zero attached hydrogens (tertiary/aromatic N) is 2. The maximum absolute atomic E-state index is 14.1. The van der Waals surface area contributed by atoms with Gasteiger partial charge in [0.2, 0.25) is 17.7 Å². The summed E-state index contributed by atoms with van der Waals surface area (Å²) in [5.41, 5.74) is -0.547. The first-order chi connectivity index (χ1) is 20.4. The van der Waals surface area contributed by atoms with Crippen LogP contribution in [0.3, 0.4) is 0 Å². The highest BCUT2D eigenvalue weighted by Crippen LogP contribution is 2.55. The lowest BCUT2D eigenvalue weighted by Crippen LogP contribution is -2.56. The van der Waals surface area contributed by atoms with E-state index in [9.17, 15) is 14.4 Å². The summed E-state index contributed by atoms with van der Waals surface area (Å²) in [4.78, 5) is 45.4. The number of rotatable bonds is 10. The molecule has 0 aromatic heterocycles. The van der Waals surface area contributed by atoms with Crippen LogP contribution in [-0.2, 0) is 19.1 Å². The molecule has 6 rings (SSSR count). The van der Waals surface area contributed by atoms with Gasteiger partial charge in [0.05, 0.1) is 17.9 Å². The first kappa shape index (κ1) is 28.4. The number of para-hydroxylation sites is 1. The Kier molecular flexibility index (Phi) is 8.05. The van der Waals surface area contributed by atoms with Gasteiger partial charge in [-0.3, -0.25) is 14.4 Å². The van der Waals surface area contributed by atoms with Gasteiger partial charge in [-0.05, 0) is 76.3 Å². The van der Waals surface area contributed by atoms with E-state index in [2.05, 4.69) is 15.5 Å². The first-order valence-electron chi connectivity index (χ1n) is 15.1. The van der Waals surface area contributed by atoms with Crippen molar-refractivity contribution in [2.45, 2.75) is 62.3 Å². The Morgan fingerprint density at radius 3 is 2.43 bits per heavy atom. The molecule has 2 aromatic rings. The highest BCUT2D eigenvalue weighted by atomic mass is 16.5. The molecular formula is C33H40N4O5. The van der Waals surface area contributed by atoms with E-state index in [1.807, 2.05) is 56.6 Å². The van der Waals surface area contributed by atoms with Gasteiger partial charge in [0.25, 0.3) is 0 Å². The van der Waals surface area contributed by atoms with E-state index in [4.69, 9.17) is 9.47 Å². The molecule has 5 atom stereocenters. The molecule has 1 saturated carbocycles. The van der Waals surface area contributed by atoms with Crippen molar-refractivity contribution in [1.29, 1.82) is 0 Å². The Morgan fingerprint density at radius 1 is 1.00 bits per heavy atom. The van der Waals surface area contributed by atoms with E-state index in [1.54, 1.807) is 29.2 Å². The quantitative estimate of drug-likeness (QED) is 0.418. The maximum atomic E-state index is 14.1. The van der Waals surface area contributed by atoms with Crippen molar-refractivity contribution in [3.8, 4) is 11.5 Å². The summed E-state index contributed by atoms with van der Waals surface area (Å²) in [6, 6.07) is 15.9. The molecule has 3 heterocycles. The van der Waals surface area contributed by atoms with Crippen LogP contribution in [0.4, 0.5) is 5.69 Å². The van der Waals surface area contributed by atoms with Crippen molar-refractivity contribution in [1.82, 2.24) is 15.1 Å². The van der Waals surface area contributed by atoms with E-state index in [0.717, 1.165) is 44.4 Å². The van der Waals surface area contributed by atoms with Gasteiger partial charge in [-0.1, -0.05) is 49.6 Å². The second kappa shape index (κ2) is 11.9. The van der Waals surface area contributed by atoms with E-state index in [-0.39, 0.29) is 23.8 Å². The molecule has 3 aliphatic heterocycles. The van der Waals surface area contributed by atoms with Crippen molar-refractivity contribution >= 4 is 23.4 Å². The summed E-state index contributed by atoms with van der Waals surface area (Å²) in [5.74, 6) is -0.763. The van der Waals surface area contributed by atoms with E-state index < -0.39 is 29.6 Å². The second-order valence-corrected chi connectivity index (χ2v) is 12.2. The van der Waals surface area contributed by atoms with Crippen molar-refractivity contribution in [2.24, 2.45) is 11.8 Å². The summed E-state index contributed by atoms with van der Waals surface area (Å²) < 4.78 is 12.3. The lowest BCUT2D eigenvalue weighted by atomic mass is 9.74. The maximum Gasteiger partial charge on any atom is 0.246 e. The third kappa shape index (κ3) is 5.43. The molecule has 222 valence electrons. The lowest BCUT2D eigenvalue weighted by Gasteiger charge is -2.34. The minimum atomic E-state index is -1.14. The van der Waals surface area contributed by atoms with Crippen molar-refractivity contribution in [2.75, 3.05) is 32.5 Å². The predicted molar refractivity (Wildman–Crippen MR) is 159 cm³/mol. The molecule has 2 aromatic carbocycles. The van der Waals surface area contributed by atoms with Crippen LogP contribution in [0.25, 0.3) is 0 Å². The van der Waals surface area contributed by atoms with Gasteiger partial charge in [-0.15, -0.1) is 0 Å². The van der Waals surface area contributed by atoms with Gasteiger partial charge >= 0.3 is 0 Å². The summed E-state index contributed by atoms with van der Waals surface area (Å²) in [6.07, 6.45) is 9.15. The summed E-state index contributed by atoms with van der Waals surface area (Å²) in [6.45, 7) is 1.21. The molecule has 9 heteroatoms. The minimum absolute atomic E-state index is 0.107. The Hall–Kier alpha value is -3.69. The number of hydrogen-bond acceptors (Lipinski definition) is 6. The molecule has 0 unspecified atom stereocenters. The third-order valence-corrected chi connectivity index (χ3v) is 8.98. The van der Waals surface area contributed by atoms with Crippen LogP contribution in [-0.4, -0.2) is 78.5 Å². The largest absolute Gasteiger partial charge is 0.457 e. The van der Waals surface area contributed by atoms with Gasteiger partial charge in [0.15, 0.2) is 0 Å². The number of fused-ring (bicyclic) bond motifs is 1. The number of hydrogen-bond donors (Lipinski definition) is 2. The third-order valence-electron chi connectivity index (χ3n) is 8.98. The fourth-order valence-electron chi connectivity index (χ4n) is 7.05. The lowest BCUT2D eigenvalue weighted by molar-refractivity contribution is -0.141.